The van der Waals surface area contributed by atoms with Gasteiger partial charge in [0.1, 0.15) is 19.8 Å². The van der Waals surface area contributed by atoms with Gasteiger partial charge < -0.3 is 27.9 Å². The third-order valence-electron chi connectivity index (χ3n) is 13.9. The molecule has 0 aromatic heterocycles. The van der Waals surface area contributed by atoms with E-state index in [9.17, 15) is 19.0 Å². The van der Waals surface area contributed by atoms with E-state index in [-0.39, 0.29) is 32.0 Å². The normalized spacial score (nSPS) is 13.4. The van der Waals surface area contributed by atoms with Crippen molar-refractivity contribution in [2.45, 2.75) is 315 Å². The molecule has 0 amide bonds. The summed E-state index contributed by atoms with van der Waals surface area (Å²) in [4.78, 5) is 37.9. The zero-order valence-electron chi connectivity index (χ0n) is 48.4. The van der Waals surface area contributed by atoms with Gasteiger partial charge in [0.2, 0.25) is 0 Å². The van der Waals surface area contributed by atoms with Gasteiger partial charge in [-0.2, -0.15) is 0 Å². The number of quaternary nitrogens is 1. The quantitative estimate of drug-likeness (QED) is 0.0195. The molecule has 0 rings (SSSR count). The third kappa shape index (κ3) is 57.8. The molecule has 2 unspecified atom stereocenters. The Morgan fingerprint density at radius 2 is 0.708 bits per heavy atom. The predicted octanol–water partition coefficient (Wildman–Crippen LogP) is 18.7. The number of hydrogen-bond acceptors (Lipinski definition) is 8. The van der Waals surface area contributed by atoms with Gasteiger partial charge in [-0.3, -0.25) is 14.2 Å². The molecule has 0 aliphatic rings. The maximum atomic E-state index is 12.8. The number of rotatable bonds is 58. The summed E-state index contributed by atoms with van der Waals surface area (Å²) in [6, 6.07) is 0. The molecular formula is C62H120NO8P. The SMILES string of the molecule is CCCCCCCC/C=C\CCCCCCCCCC(=O)OCC(COP(=O)([O-])OCC[N+](C)(C)C)OC(=O)CCCCCCCCCCCCCCCCCCCCC/C=C\CCCCCCCCCC. The van der Waals surface area contributed by atoms with Crippen LogP contribution in [0.2, 0.25) is 0 Å². The molecule has 0 aromatic carbocycles. The Bertz CT molecular complexity index is 1270. The van der Waals surface area contributed by atoms with Gasteiger partial charge in [0.05, 0.1) is 27.7 Å². The highest BCUT2D eigenvalue weighted by Gasteiger charge is 2.22. The lowest BCUT2D eigenvalue weighted by Gasteiger charge is -2.28. The summed E-state index contributed by atoms with van der Waals surface area (Å²) in [7, 11) is 1.18. The Balaban J connectivity index is 4.02. The summed E-state index contributed by atoms with van der Waals surface area (Å²) < 4.78 is 34.2. The van der Waals surface area contributed by atoms with Crippen molar-refractivity contribution in [1.82, 2.24) is 0 Å². The van der Waals surface area contributed by atoms with Crippen LogP contribution in [0.3, 0.4) is 0 Å². The Kier molecular flexibility index (Phi) is 53.1. The summed E-state index contributed by atoms with van der Waals surface area (Å²) in [5.74, 6) is -0.822. The molecule has 0 fully saturated rings. The van der Waals surface area contributed by atoms with E-state index in [4.69, 9.17) is 18.5 Å². The number of carbonyl (C=O) groups is 2. The highest BCUT2D eigenvalue weighted by Crippen LogP contribution is 2.38. The molecule has 426 valence electrons. The summed E-state index contributed by atoms with van der Waals surface area (Å²) >= 11 is 0. The second-order valence-corrected chi connectivity index (χ2v) is 23.8. The fourth-order valence-corrected chi connectivity index (χ4v) is 9.85. The summed E-state index contributed by atoms with van der Waals surface area (Å²) in [5, 5.41) is 0. The number of esters is 2. The average molecular weight is 1040 g/mol. The molecule has 9 nitrogen and oxygen atoms in total. The molecule has 0 heterocycles. The molecule has 10 heteroatoms. The lowest BCUT2D eigenvalue weighted by atomic mass is 10.0. The Morgan fingerprint density at radius 3 is 1.03 bits per heavy atom. The fraction of sp³-hybridized carbons (Fsp3) is 0.903. The van der Waals surface area contributed by atoms with Gasteiger partial charge in [0.25, 0.3) is 7.82 Å². The molecular weight excluding hydrogens is 918 g/mol. The van der Waals surface area contributed by atoms with E-state index in [1.165, 1.54) is 231 Å². The number of allylic oxidation sites excluding steroid dienone is 4. The molecule has 0 N–H and O–H groups in total. The van der Waals surface area contributed by atoms with E-state index in [2.05, 4.69) is 38.2 Å². The highest BCUT2D eigenvalue weighted by molar-refractivity contribution is 7.45. The number of phosphoric acid groups is 1. The molecule has 2 atom stereocenters. The van der Waals surface area contributed by atoms with Crippen LogP contribution < -0.4 is 4.89 Å². The van der Waals surface area contributed by atoms with Crippen LogP contribution in [0.4, 0.5) is 0 Å². The third-order valence-corrected chi connectivity index (χ3v) is 14.9. The van der Waals surface area contributed by atoms with Crippen molar-refractivity contribution in [2.24, 2.45) is 0 Å². The second-order valence-electron chi connectivity index (χ2n) is 22.4. The van der Waals surface area contributed by atoms with Crippen LogP contribution in [-0.4, -0.2) is 70.0 Å². The van der Waals surface area contributed by atoms with Gasteiger partial charge in [-0.25, -0.2) is 0 Å². The maximum absolute atomic E-state index is 12.8. The van der Waals surface area contributed by atoms with E-state index in [1.54, 1.807) is 0 Å². The van der Waals surface area contributed by atoms with Crippen LogP contribution in [0, 0.1) is 0 Å². The monoisotopic (exact) mass is 1040 g/mol. The zero-order chi connectivity index (χ0) is 52.7. The van der Waals surface area contributed by atoms with Crippen LogP contribution >= 0.6 is 7.82 Å². The molecule has 0 aliphatic carbocycles. The molecule has 72 heavy (non-hydrogen) atoms. The van der Waals surface area contributed by atoms with E-state index < -0.39 is 26.5 Å². The number of ether oxygens (including phenoxy) is 2. The Labute approximate surface area is 447 Å². The van der Waals surface area contributed by atoms with Crippen molar-refractivity contribution in [3.63, 3.8) is 0 Å². The lowest BCUT2D eigenvalue weighted by molar-refractivity contribution is -0.870. The highest BCUT2D eigenvalue weighted by atomic mass is 31.2. The first kappa shape index (κ1) is 70.5. The van der Waals surface area contributed by atoms with Gasteiger partial charge >= 0.3 is 11.9 Å². The smallest absolute Gasteiger partial charge is 0.306 e. The van der Waals surface area contributed by atoms with Crippen molar-refractivity contribution < 1.29 is 42.1 Å². The molecule has 0 bridgehead atoms. The predicted molar refractivity (Wildman–Crippen MR) is 305 cm³/mol. The number of likely N-dealkylation sites (N-methyl/N-ethyl adjacent to an activating group) is 1. The maximum Gasteiger partial charge on any atom is 0.306 e. The summed E-state index contributed by atoms with van der Waals surface area (Å²) in [6.45, 7) is 4.28. The first-order valence-corrected chi connectivity index (χ1v) is 32.5. The van der Waals surface area contributed by atoms with Gasteiger partial charge in [0.15, 0.2) is 6.10 Å². The number of unbranched alkanes of at least 4 members (excludes halogenated alkanes) is 40. The Morgan fingerprint density at radius 1 is 0.417 bits per heavy atom. The summed E-state index contributed by atoms with van der Waals surface area (Å²) in [6.07, 6.45) is 65.3. The van der Waals surface area contributed by atoms with Crippen molar-refractivity contribution in [1.29, 1.82) is 0 Å². The van der Waals surface area contributed by atoms with Crippen molar-refractivity contribution in [3.8, 4) is 0 Å². The zero-order valence-corrected chi connectivity index (χ0v) is 49.3. The molecule has 0 saturated carbocycles. The standard InChI is InChI=1S/C62H120NO8P/c1-6-8-10-12-14-16-18-20-22-24-25-26-27-28-29-30-31-32-33-34-35-36-37-39-41-43-45-47-49-51-53-55-62(65)71-60(59-70-72(66,67)69-57-56-63(3,4)5)58-68-61(64)54-52-50-48-46-44-42-40-38-23-21-19-17-15-13-11-9-7-2/h21,23-25,60H,6-20,22,26-59H2,1-5H3/b23-21-,25-24-. The Hall–Kier alpha value is -1.51. The first-order valence-electron chi connectivity index (χ1n) is 31.0. The van der Waals surface area contributed by atoms with Crippen LogP contribution in [-0.2, 0) is 32.7 Å². The van der Waals surface area contributed by atoms with Crippen molar-refractivity contribution in [3.05, 3.63) is 24.3 Å². The minimum Gasteiger partial charge on any atom is -0.756 e. The number of hydrogen-bond donors (Lipinski definition) is 0. The van der Waals surface area contributed by atoms with Crippen LogP contribution in [0.1, 0.15) is 309 Å². The molecule has 0 radical (unpaired) electrons. The van der Waals surface area contributed by atoms with E-state index in [0.717, 1.165) is 44.9 Å². The van der Waals surface area contributed by atoms with E-state index in [0.29, 0.717) is 17.4 Å². The average Bonchev–Trinajstić information content (AvgIpc) is 3.34. The van der Waals surface area contributed by atoms with Crippen LogP contribution in [0.15, 0.2) is 24.3 Å². The van der Waals surface area contributed by atoms with Gasteiger partial charge in [-0.05, 0) is 64.2 Å². The van der Waals surface area contributed by atoms with Gasteiger partial charge in [0, 0.05) is 12.8 Å². The summed E-state index contributed by atoms with van der Waals surface area (Å²) in [5.41, 5.74) is 0. The van der Waals surface area contributed by atoms with Crippen molar-refractivity contribution >= 4 is 19.8 Å². The minimum absolute atomic E-state index is 0.0287. The van der Waals surface area contributed by atoms with Crippen LogP contribution in [0.5, 0.6) is 0 Å². The molecule has 0 aromatic rings. The van der Waals surface area contributed by atoms with Gasteiger partial charge in [-0.1, -0.05) is 256 Å². The molecule has 0 aliphatic heterocycles. The largest absolute Gasteiger partial charge is 0.756 e. The topological polar surface area (TPSA) is 111 Å². The number of phosphoric ester groups is 1. The molecule has 0 saturated heterocycles. The van der Waals surface area contributed by atoms with Crippen molar-refractivity contribution in [2.75, 3.05) is 47.5 Å². The van der Waals surface area contributed by atoms with Gasteiger partial charge in [-0.15, -0.1) is 0 Å². The minimum atomic E-state index is -4.63. The fourth-order valence-electron chi connectivity index (χ4n) is 9.12. The lowest BCUT2D eigenvalue weighted by Crippen LogP contribution is -2.37. The molecule has 0 spiro atoms. The number of nitrogens with zero attached hydrogens (tertiary/aromatic N) is 1. The van der Waals surface area contributed by atoms with E-state index in [1.807, 2.05) is 21.1 Å². The number of carbonyl (C=O) groups excluding carboxylic acids is 2. The van der Waals surface area contributed by atoms with Crippen LogP contribution in [0.25, 0.3) is 0 Å². The first-order chi connectivity index (χ1) is 35.0. The van der Waals surface area contributed by atoms with E-state index >= 15 is 0 Å². The second kappa shape index (κ2) is 54.3.